The first kappa shape index (κ1) is 78.0. The smallest absolute Gasteiger partial charge is 0.456 e. The third kappa shape index (κ3) is 60.6. The minimum Gasteiger partial charge on any atom is -0.456 e. The maximum atomic E-state index is 13.5. The molecule has 80 heavy (non-hydrogen) atoms. The fourth-order valence-corrected chi connectivity index (χ4v) is 10.9. The Morgan fingerprint density at radius 2 is 0.762 bits per heavy atom. The number of amides is 1. The SMILES string of the molecule is CCCCCCCC/C=C/CCCCCCCCCCCCCCCCCCCC(=O)OC(/C=C\CCCCCCCCCCC)C(COP(=O)(O)OCC[N+](C)(C)C)NC(=O)CCCCC/C=C/C=C/CCCCCCCCC. The lowest BCUT2D eigenvalue weighted by atomic mass is 10.0. The van der Waals surface area contributed by atoms with Gasteiger partial charge < -0.3 is 19.4 Å². The van der Waals surface area contributed by atoms with Gasteiger partial charge in [-0.05, 0) is 83.1 Å². The van der Waals surface area contributed by atoms with Crippen molar-refractivity contribution >= 4 is 19.7 Å². The van der Waals surface area contributed by atoms with Gasteiger partial charge in [-0.3, -0.25) is 18.6 Å². The highest BCUT2D eigenvalue weighted by Gasteiger charge is 2.30. The molecule has 0 radical (unpaired) electrons. The first-order chi connectivity index (χ1) is 38.9. The molecule has 470 valence electrons. The molecule has 0 aromatic heterocycles. The molecule has 10 heteroatoms. The van der Waals surface area contributed by atoms with E-state index in [1.54, 1.807) is 0 Å². The number of nitrogens with zero attached hydrogens (tertiary/aromatic N) is 1. The molecular weight excluding hydrogens is 1010 g/mol. The maximum Gasteiger partial charge on any atom is 0.472 e. The summed E-state index contributed by atoms with van der Waals surface area (Å²) >= 11 is 0. The molecule has 0 saturated carbocycles. The van der Waals surface area contributed by atoms with Gasteiger partial charge in [0.2, 0.25) is 5.91 Å². The van der Waals surface area contributed by atoms with Crippen LogP contribution in [0, 0.1) is 0 Å². The van der Waals surface area contributed by atoms with E-state index in [4.69, 9.17) is 13.8 Å². The van der Waals surface area contributed by atoms with Crippen LogP contribution in [-0.2, 0) is 27.9 Å². The van der Waals surface area contributed by atoms with Gasteiger partial charge in [0.15, 0.2) is 0 Å². The zero-order chi connectivity index (χ0) is 58.6. The van der Waals surface area contributed by atoms with E-state index in [1.165, 1.54) is 231 Å². The molecule has 3 atom stereocenters. The number of rotatable bonds is 63. The van der Waals surface area contributed by atoms with E-state index in [9.17, 15) is 19.0 Å². The van der Waals surface area contributed by atoms with Crippen molar-refractivity contribution in [3.63, 3.8) is 0 Å². The molecule has 3 unspecified atom stereocenters. The van der Waals surface area contributed by atoms with E-state index in [0.717, 1.165) is 64.2 Å². The molecule has 0 rings (SSSR count). The molecule has 0 spiro atoms. The Bertz CT molecular complexity index is 1510. The first-order valence-corrected chi connectivity index (χ1v) is 36.0. The van der Waals surface area contributed by atoms with E-state index in [-0.39, 0.29) is 31.5 Å². The summed E-state index contributed by atoms with van der Waals surface area (Å²) in [5.41, 5.74) is 0. The molecule has 1 amide bonds. The van der Waals surface area contributed by atoms with Gasteiger partial charge in [0.25, 0.3) is 0 Å². The van der Waals surface area contributed by atoms with Gasteiger partial charge >= 0.3 is 13.8 Å². The molecule has 9 nitrogen and oxygen atoms in total. The number of likely N-dealkylation sites (N-methyl/N-ethyl adjacent to an activating group) is 1. The van der Waals surface area contributed by atoms with Gasteiger partial charge in [-0.2, -0.15) is 0 Å². The van der Waals surface area contributed by atoms with Crippen LogP contribution in [0.2, 0.25) is 0 Å². The summed E-state index contributed by atoms with van der Waals surface area (Å²) in [6.45, 7) is 7.01. The minimum atomic E-state index is -4.45. The maximum absolute atomic E-state index is 13.5. The van der Waals surface area contributed by atoms with Crippen molar-refractivity contribution in [2.24, 2.45) is 0 Å². The summed E-state index contributed by atoms with van der Waals surface area (Å²) in [4.78, 5) is 37.8. The average molecular weight is 1150 g/mol. The molecular formula is C70H134N2O7P+. The van der Waals surface area contributed by atoms with Crippen molar-refractivity contribution < 1.29 is 37.3 Å². The number of unbranched alkanes of at least 4 members (excludes halogenated alkanes) is 42. The summed E-state index contributed by atoms with van der Waals surface area (Å²) in [6.07, 6.45) is 75.7. The molecule has 0 saturated heterocycles. The quantitative estimate of drug-likeness (QED) is 0.0156. The number of phosphoric ester groups is 1. The number of phosphoric acid groups is 1. The number of carbonyl (C=O) groups is 2. The van der Waals surface area contributed by atoms with Gasteiger partial charge in [0.1, 0.15) is 19.3 Å². The number of allylic oxidation sites excluding steroid dienone is 7. The number of ether oxygens (including phenoxy) is 1. The largest absolute Gasteiger partial charge is 0.472 e. The van der Waals surface area contributed by atoms with Gasteiger partial charge in [0, 0.05) is 12.8 Å². The van der Waals surface area contributed by atoms with Crippen molar-refractivity contribution in [2.75, 3.05) is 40.9 Å². The van der Waals surface area contributed by atoms with Crippen molar-refractivity contribution in [3.8, 4) is 0 Å². The summed E-state index contributed by atoms with van der Waals surface area (Å²) in [5, 5.41) is 3.05. The van der Waals surface area contributed by atoms with Crippen molar-refractivity contribution in [1.29, 1.82) is 0 Å². The number of hydrogen-bond donors (Lipinski definition) is 2. The van der Waals surface area contributed by atoms with Gasteiger partial charge in [-0.1, -0.05) is 288 Å². The second-order valence-corrected chi connectivity index (χ2v) is 26.2. The third-order valence-electron chi connectivity index (χ3n) is 15.5. The van der Waals surface area contributed by atoms with Gasteiger partial charge in [0.05, 0.1) is 33.8 Å². The Hall–Kier alpha value is -2.03. The number of nitrogens with one attached hydrogen (secondary N) is 1. The average Bonchev–Trinajstić information content (AvgIpc) is 3.43. The lowest BCUT2D eigenvalue weighted by Crippen LogP contribution is -2.47. The number of quaternary nitrogens is 1. The predicted molar refractivity (Wildman–Crippen MR) is 346 cm³/mol. The standard InChI is InChI=1S/C70H133N2O7P/c1-7-10-13-16-19-22-25-27-29-31-32-33-34-35-36-37-38-39-40-41-43-45-48-51-54-57-60-63-70(74)79-68(61-58-55-52-49-46-24-21-18-15-12-9-3)67(66-78-80(75,76)77-65-64-72(4,5)6)71-69(73)62-59-56-53-50-47-44-42-30-28-26-23-20-17-14-11-8-2/h27,29-30,42,44,47,58,61,67-68H,7-26,28,31-41,43,45-46,48-57,59-60,62-66H2,1-6H3,(H-,71,73,75,76)/p+1/b29-27+,42-30+,47-44+,61-58-. The highest BCUT2D eigenvalue weighted by molar-refractivity contribution is 7.47. The van der Waals surface area contributed by atoms with Crippen LogP contribution in [0.15, 0.2) is 48.6 Å². The Kier molecular flexibility index (Phi) is 58.6. The van der Waals surface area contributed by atoms with Crippen LogP contribution in [0.25, 0.3) is 0 Å². The van der Waals surface area contributed by atoms with E-state index in [1.807, 2.05) is 33.3 Å². The monoisotopic (exact) mass is 1150 g/mol. The Morgan fingerprint density at radius 1 is 0.438 bits per heavy atom. The van der Waals surface area contributed by atoms with E-state index in [2.05, 4.69) is 62.5 Å². The summed E-state index contributed by atoms with van der Waals surface area (Å²) < 4.78 is 30.7. The topological polar surface area (TPSA) is 111 Å². The van der Waals surface area contributed by atoms with Crippen molar-refractivity contribution in [1.82, 2.24) is 5.32 Å². The fourth-order valence-electron chi connectivity index (χ4n) is 10.2. The predicted octanol–water partition coefficient (Wildman–Crippen LogP) is 21.6. The Morgan fingerprint density at radius 3 is 1.15 bits per heavy atom. The molecule has 0 aromatic carbocycles. The Balaban J connectivity index is 4.99. The summed E-state index contributed by atoms with van der Waals surface area (Å²) in [6, 6.07) is -0.860. The van der Waals surface area contributed by atoms with Crippen LogP contribution in [0.5, 0.6) is 0 Å². The van der Waals surface area contributed by atoms with Crippen LogP contribution in [0.1, 0.15) is 335 Å². The second kappa shape index (κ2) is 60.1. The molecule has 0 bridgehead atoms. The first-order valence-electron chi connectivity index (χ1n) is 34.5. The highest BCUT2D eigenvalue weighted by atomic mass is 31.2. The van der Waals surface area contributed by atoms with Crippen molar-refractivity contribution in [2.45, 2.75) is 348 Å². The minimum absolute atomic E-state index is 0.0363. The van der Waals surface area contributed by atoms with Crippen LogP contribution in [0.3, 0.4) is 0 Å². The zero-order valence-corrected chi connectivity index (χ0v) is 54.7. The third-order valence-corrected chi connectivity index (χ3v) is 16.5. The van der Waals surface area contributed by atoms with E-state index < -0.39 is 20.0 Å². The van der Waals surface area contributed by atoms with Gasteiger partial charge in [-0.15, -0.1) is 0 Å². The lowest BCUT2D eigenvalue weighted by molar-refractivity contribution is -0.870. The van der Waals surface area contributed by atoms with Crippen LogP contribution in [0.4, 0.5) is 0 Å². The van der Waals surface area contributed by atoms with E-state index >= 15 is 0 Å². The van der Waals surface area contributed by atoms with Crippen molar-refractivity contribution in [3.05, 3.63) is 48.6 Å². The number of carbonyl (C=O) groups excluding carboxylic acids is 2. The molecule has 0 aromatic rings. The van der Waals surface area contributed by atoms with Crippen LogP contribution < -0.4 is 5.32 Å². The number of hydrogen-bond acceptors (Lipinski definition) is 6. The van der Waals surface area contributed by atoms with Crippen LogP contribution >= 0.6 is 7.82 Å². The molecule has 2 N–H and O–H groups in total. The molecule has 0 aliphatic carbocycles. The molecule has 0 heterocycles. The van der Waals surface area contributed by atoms with Crippen LogP contribution in [-0.4, -0.2) is 74.3 Å². The summed E-state index contributed by atoms with van der Waals surface area (Å²) in [7, 11) is 1.49. The molecule has 0 aliphatic heterocycles. The van der Waals surface area contributed by atoms with E-state index in [0.29, 0.717) is 23.9 Å². The van der Waals surface area contributed by atoms with Gasteiger partial charge in [-0.25, -0.2) is 4.57 Å². The number of esters is 1. The second-order valence-electron chi connectivity index (χ2n) is 24.7. The highest BCUT2D eigenvalue weighted by Crippen LogP contribution is 2.43. The lowest BCUT2D eigenvalue weighted by Gasteiger charge is -2.27. The zero-order valence-electron chi connectivity index (χ0n) is 53.8. The molecule has 0 fully saturated rings. The molecule has 0 aliphatic rings. The summed E-state index contributed by atoms with van der Waals surface area (Å²) in [5.74, 6) is -0.523. The normalized spacial score (nSPS) is 13.8. The Labute approximate surface area is 497 Å². The fraction of sp³-hybridized carbons (Fsp3) is 0.857.